The molecule has 1 heterocycles. The molecule has 0 saturated carbocycles. The Morgan fingerprint density at radius 3 is 2.22 bits per heavy atom. The average Bonchev–Trinajstić information content (AvgIpc) is 2.72. The Kier molecular flexibility index (Phi) is 5.72. The third kappa shape index (κ3) is 4.06. The van der Waals surface area contributed by atoms with Crippen molar-refractivity contribution in [2.45, 2.75) is 71.2 Å². The van der Waals surface area contributed by atoms with Gasteiger partial charge in [-0.2, -0.15) is 0 Å². The minimum atomic E-state index is -0.706. The summed E-state index contributed by atoms with van der Waals surface area (Å²) in [5.41, 5.74) is 0.865. The van der Waals surface area contributed by atoms with Crippen LogP contribution in [0.4, 0.5) is 0 Å². The third-order valence-corrected chi connectivity index (χ3v) is 4.89. The number of hydrogen-bond donors (Lipinski definition) is 1. The lowest BCUT2D eigenvalue weighted by Crippen LogP contribution is -2.41. The predicted molar refractivity (Wildman–Crippen MR) is 95.1 cm³/mol. The van der Waals surface area contributed by atoms with Crippen molar-refractivity contribution < 1.29 is 14.4 Å². The van der Waals surface area contributed by atoms with Gasteiger partial charge in [-0.15, -0.1) is 0 Å². The van der Waals surface area contributed by atoms with Crippen molar-refractivity contribution in [3.05, 3.63) is 47.4 Å². The van der Waals surface area contributed by atoms with Crippen LogP contribution in [0.15, 0.2) is 41.9 Å². The lowest BCUT2D eigenvalue weighted by Gasteiger charge is -2.32. The highest BCUT2D eigenvalue weighted by atomic mass is 16.7. The Bertz CT molecular complexity index is 521. The summed E-state index contributed by atoms with van der Waals surface area (Å²) in [6.07, 6.45) is 4.50. The second-order valence-corrected chi connectivity index (χ2v) is 7.25. The van der Waals surface area contributed by atoms with Gasteiger partial charge in [0, 0.05) is 0 Å². The van der Waals surface area contributed by atoms with Crippen molar-refractivity contribution in [1.29, 1.82) is 0 Å². The molecule has 0 aliphatic carbocycles. The second-order valence-electron chi connectivity index (χ2n) is 7.25. The van der Waals surface area contributed by atoms with Crippen LogP contribution in [0.25, 0.3) is 0 Å². The first-order chi connectivity index (χ1) is 10.8. The maximum Gasteiger partial charge on any atom is 0.493 e. The fourth-order valence-corrected chi connectivity index (χ4v) is 2.62. The van der Waals surface area contributed by atoms with Crippen molar-refractivity contribution in [3.8, 4) is 0 Å². The van der Waals surface area contributed by atoms with E-state index in [2.05, 4.69) is 13.0 Å². The minimum Gasteiger partial charge on any atom is -0.399 e. The minimum absolute atomic E-state index is 0.405. The molecular weight excluding hydrogens is 287 g/mol. The van der Waals surface area contributed by atoms with Crippen molar-refractivity contribution in [3.63, 3.8) is 0 Å². The smallest absolute Gasteiger partial charge is 0.399 e. The number of unbranched alkanes of at least 4 members (excludes halogenated alkanes) is 2. The van der Waals surface area contributed by atoms with E-state index in [1.165, 1.54) is 0 Å². The molecule has 0 radical (unpaired) electrons. The summed E-state index contributed by atoms with van der Waals surface area (Å²) in [6.45, 7) is 10.3. The third-order valence-electron chi connectivity index (χ3n) is 4.89. The van der Waals surface area contributed by atoms with E-state index < -0.39 is 24.4 Å². The molecule has 1 saturated heterocycles. The lowest BCUT2D eigenvalue weighted by atomic mass is 9.72. The van der Waals surface area contributed by atoms with Crippen LogP contribution >= 0.6 is 0 Å². The summed E-state index contributed by atoms with van der Waals surface area (Å²) in [7, 11) is -0.507. The first-order valence-corrected chi connectivity index (χ1v) is 8.57. The molecule has 126 valence electrons. The van der Waals surface area contributed by atoms with Crippen LogP contribution in [0.3, 0.4) is 0 Å². The molecule has 1 aliphatic heterocycles. The normalized spacial score (nSPS) is 21.5. The topological polar surface area (TPSA) is 38.7 Å². The van der Waals surface area contributed by atoms with Gasteiger partial charge in [-0.3, -0.25) is 0 Å². The maximum absolute atomic E-state index is 10.9. The standard InChI is InChI=1S/C19H29BO3/c1-6-7-9-14-16(17(21)15-12-10-8-11-13-15)20-22-18(2,3)19(4,5)23-20/h8,10-14,17,21H,6-7,9H2,1-5H3/b16-14-/t17-/m1/s1. The largest absolute Gasteiger partial charge is 0.493 e. The van der Waals surface area contributed by atoms with Crippen LogP contribution in [0.5, 0.6) is 0 Å². The van der Waals surface area contributed by atoms with Crippen molar-refractivity contribution in [2.75, 3.05) is 0 Å². The van der Waals surface area contributed by atoms with Gasteiger partial charge in [-0.1, -0.05) is 56.2 Å². The van der Waals surface area contributed by atoms with E-state index in [1.807, 2.05) is 58.0 Å². The van der Waals surface area contributed by atoms with Gasteiger partial charge < -0.3 is 14.4 Å². The second kappa shape index (κ2) is 7.21. The van der Waals surface area contributed by atoms with E-state index in [9.17, 15) is 5.11 Å². The molecule has 1 aromatic rings. The van der Waals surface area contributed by atoms with Gasteiger partial charge >= 0.3 is 7.12 Å². The molecule has 0 amide bonds. The van der Waals surface area contributed by atoms with Crippen LogP contribution in [-0.4, -0.2) is 23.4 Å². The number of hydrogen-bond acceptors (Lipinski definition) is 3. The van der Waals surface area contributed by atoms with Crippen LogP contribution in [0, 0.1) is 0 Å². The Morgan fingerprint density at radius 1 is 1.13 bits per heavy atom. The van der Waals surface area contributed by atoms with E-state index in [1.54, 1.807) is 0 Å². The molecule has 0 bridgehead atoms. The molecule has 0 spiro atoms. The summed E-state index contributed by atoms with van der Waals surface area (Å²) < 4.78 is 12.3. The molecule has 23 heavy (non-hydrogen) atoms. The quantitative estimate of drug-likeness (QED) is 0.622. The number of rotatable bonds is 6. The van der Waals surface area contributed by atoms with Crippen LogP contribution in [-0.2, 0) is 9.31 Å². The van der Waals surface area contributed by atoms with Crippen LogP contribution in [0.1, 0.15) is 65.5 Å². The molecule has 0 aromatic heterocycles. The van der Waals surface area contributed by atoms with E-state index in [-0.39, 0.29) is 0 Å². The van der Waals surface area contributed by atoms with E-state index in [0.29, 0.717) is 0 Å². The van der Waals surface area contributed by atoms with Crippen molar-refractivity contribution >= 4 is 7.12 Å². The Hall–Kier alpha value is -1.10. The Balaban J connectivity index is 2.27. The van der Waals surface area contributed by atoms with E-state index in [4.69, 9.17) is 9.31 Å². The highest BCUT2D eigenvalue weighted by Gasteiger charge is 2.53. The monoisotopic (exact) mass is 316 g/mol. The highest BCUT2D eigenvalue weighted by Crippen LogP contribution is 2.41. The molecule has 1 N–H and O–H groups in total. The SMILES string of the molecule is CCCC/C=C(\B1OC(C)(C)C(C)(C)O1)[C@H](O)c1ccccc1. The van der Waals surface area contributed by atoms with Crippen LogP contribution in [0.2, 0.25) is 0 Å². The summed E-state index contributed by atoms with van der Waals surface area (Å²) >= 11 is 0. The molecule has 0 unspecified atom stereocenters. The fraction of sp³-hybridized carbons (Fsp3) is 0.579. The molecule has 1 atom stereocenters. The number of aliphatic hydroxyl groups is 1. The average molecular weight is 316 g/mol. The maximum atomic E-state index is 10.9. The lowest BCUT2D eigenvalue weighted by molar-refractivity contribution is 0.00578. The predicted octanol–water partition coefficient (Wildman–Crippen LogP) is 4.47. The number of benzene rings is 1. The molecule has 3 nitrogen and oxygen atoms in total. The molecule has 1 fully saturated rings. The Morgan fingerprint density at radius 2 is 1.70 bits per heavy atom. The molecule has 4 heteroatoms. The molecular formula is C19H29BO3. The van der Waals surface area contributed by atoms with Crippen molar-refractivity contribution in [2.24, 2.45) is 0 Å². The van der Waals surface area contributed by atoms with Gasteiger partial charge in [0.1, 0.15) is 0 Å². The zero-order valence-corrected chi connectivity index (χ0v) is 15.0. The number of allylic oxidation sites excluding steroid dienone is 1. The van der Waals surface area contributed by atoms with Gasteiger partial charge in [0.2, 0.25) is 0 Å². The summed E-state index contributed by atoms with van der Waals surface area (Å²) in [5.74, 6) is 0. The molecule has 2 rings (SSSR count). The van der Waals surface area contributed by atoms with Gasteiger partial charge in [0.25, 0.3) is 0 Å². The zero-order valence-electron chi connectivity index (χ0n) is 15.0. The zero-order chi connectivity index (χ0) is 17.1. The van der Waals surface area contributed by atoms with Gasteiger partial charge in [0.15, 0.2) is 0 Å². The molecule has 1 aromatic carbocycles. The van der Waals surface area contributed by atoms with Crippen molar-refractivity contribution in [1.82, 2.24) is 0 Å². The summed E-state index contributed by atoms with van der Waals surface area (Å²) in [6, 6.07) is 9.69. The Labute approximate surface area is 140 Å². The first kappa shape index (κ1) is 18.2. The fourth-order valence-electron chi connectivity index (χ4n) is 2.62. The van der Waals surface area contributed by atoms with E-state index in [0.717, 1.165) is 30.3 Å². The number of aliphatic hydroxyl groups excluding tert-OH is 1. The van der Waals surface area contributed by atoms with Gasteiger partial charge in [0.05, 0.1) is 17.3 Å². The summed E-state index contributed by atoms with van der Waals surface area (Å²) in [5, 5.41) is 10.9. The van der Waals surface area contributed by atoms with E-state index >= 15 is 0 Å². The van der Waals surface area contributed by atoms with Gasteiger partial charge in [-0.25, -0.2) is 0 Å². The van der Waals surface area contributed by atoms with Gasteiger partial charge in [-0.05, 0) is 45.2 Å². The summed E-state index contributed by atoms with van der Waals surface area (Å²) in [4.78, 5) is 0. The first-order valence-electron chi connectivity index (χ1n) is 8.57. The van der Waals surface area contributed by atoms with Crippen LogP contribution < -0.4 is 0 Å². The highest BCUT2D eigenvalue weighted by molar-refractivity contribution is 6.55. The molecule has 1 aliphatic rings.